The molecule has 0 unspecified atom stereocenters. The van der Waals surface area contributed by atoms with Gasteiger partial charge in [0.15, 0.2) is 0 Å². The predicted molar refractivity (Wildman–Crippen MR) is 91.1 cm³/mol. The summed E-state index contributed by atoms with van der Waals surface area (Å²) in [6.45, 7) is 2.51. The Morgan fingerprint density at radius 3 is 3.00 bits per heavy atom. The summed E-state index contributed by atoms with van der Waals surface area (Å²) in [5, 5.41) is 2.10. The number of hydrogen-bond acceptors (Lipinski definition) is 4. The van der Waals surface area contributed by atoms with Gasteiger partial charge in [-0.25, -0.2) is 4.98 Å². The van der Waals surface area contributed by atoms with Crippen LogP contribution >= 0.6 is 11.3 Å². The lowest BCUT2D eigenvalue weighted by atomic mass is 9.85. The van der Waals surface area contributed by atoms with E-state index in [1.54, 1.807) is 23.7 Å². The fourth-order valence-electron chi connectivity index (χ4n) is 4.08. The third kappa shape index (κ3) is 1.92. The summed E-state index contributed by atoms with van der Waals surface area (Å²) in [6, 6.07) is 5.95. The molecule has 3 aromatic rings. The van der Waals surface area contributed by atoms with E-state index in [1.165, 1.54) is 16.8 Å². The molecule has 0 radical (unpaired) electrons. The normalized spacial score (nSPS) is 22.4. The van der Waals surface area contributed by atoms with Crippen LogP contribution in [0.3, 0.4) is 0 Å². The van der Waals surface area contributed by atoms with E-state index in [9.17, 15) is 4.79 Å². The second kappa shape index (κ2) is 5.08. The van der Waals surface area contributed by atoms with Crippen LogP contribution < -0.4 is 0 Å². The minimum Gasteiger partial charge on any atom is -0.472 e. The zero-order chi connectivity index (χ0) is 16.1. The number of amides is 1. The monoisotopic (exact) mass is 339 g/mol. The fraction of sp³-hybridized carbons (Fsp3) is 0.333. The van der Waals surface area contributed by atoms with Gasteiger partial charge in [0.05, 0.1) is 28.6 Å². The molecule has 1 spiro atoms. The Morgan fingerprint density at radius 1 is 1.29 bits per heavy atom. The Balaban J connectivity index is 1.45. The molecule has 24 heavy (non-hydrogen) atoms. The van der Waals surface area contributed by atoms with Crippen LogP contribution in [-0.4, -0.2) is 33.4 Å². The third-order valence-corrected chi connectivity index (χ3v) is 6.22. The number of nitrogens with zero attached hydrogens (tertiary/aromatic N) is 3. The van der Waals surface area contributed by atoms with Gasteiger partial charge in [-0.1, -0.05) is 6.07 Å². The molecule has 0 bridgehead atoms. The molecule has 2 aliphatic heterocycles. The topological polar surface area (TPSA) is 51.3 Å². The van der Waals surface area contributed by atoms with Crippen LogP contribution in [0.1, 0.15) is 29.0 Å². The van der Waals surface area contributed by atoms with Gasteiger partial charge in [-0.2, -0.15) is 0 Å². The summed E-state index contributed by atoms with van der Waals surface area (Å²) in [6.07, 6.45) is 7.11. The number of imidazole rings is 1. The van der Waals surface area contributed by atoms with Gasteiger partial charge < -0.3 is 13.9 Å². The number of thiophene rings is 1. The minimum absolute atomic E-state index is 0.00883. The van der Waals surface area contributed by atoms with Crippen LogP contribution in [0.4, 0.5) is 0 Å². The molecule has 1 atom stereocenters. The number of fused-ring (bicyclic) bond motifs is 2. The van der Waals surface area contributed by atoms with E-state index in [0.717, 1.165) is 38.3 Å². The Labute approximate surface area is 143 Å². The quantitative estimate of drug-likeness (QED) is 0.719. The van der Waals surface area contributed by atoms with E-state index in [-0.39, 0.29) is 11.3 Å². The first kappa shape index (κ1) is 14.0. The van der Waals surface area contributed by atoms with Crippen molar-refractivity contribution in [2.24, 2.45) is 0 Å². The zero-order valence-electron chi connectivity index (χ0n) is 13.1. The predicted octanol–water partition coefficient (Wildman–Crippen LogP) is 3.39. The standard InChI is InChI=1S/C18H17N3O2S/c22-16(13-3-8-23-11-13)20-6-4-18(12-20)5-7-21-14(10-19-17(18)21)15-2-1-9-24-15/h1-3,8-11H,4-7,12H2/t18-/m0/s1. The summed E-state index contributed by atoms with van der Waals surface area (Å²) in [7, 11) is 0. The summed E-state index contributed by atoms with van der Waals surface area (Å²) in [5.41, 5.74) is 1.85. The molecule has 2 aliphatic rings. The third-order valence-electron chi connectivity index (χ3n) is 5.33. The lowest BCUT2D eigenvalue weighted by Gasteiger charge is -2.22. The highest BCUT2D eigenvalue weighted by atomic mass is 32.1. The van der Waals surface area contributed by atoms with Crippen molar-refractivity contribution >= 4 is 17.2 Å². The van der Waals surface area contributed by atoms with Gasteiger partial charge in [-0.15, -0.1) is 11.3 Å². The van der Waals surface area contributed by atoms with Crippen LogP contribution in [0.5, 0.6) is 0 Å². The second-order valence-electron chi connectivity index (χ2n) is 6.62. The highest BCUT2D eigenvalue weighted by Gasteiger charge is 2.48. The maximum atomic E-state index is 12.6. The largest absolute Gasteiger partial charge is 0.472 e. The summed E-state index contributed by atoms with van der Waals surface area (Å²) >= 11 is 1.75. The first-order valence-corrected chi connectivity index (χ1v) is 9.06. The summed E-state index contributed by atoms with van der Waals surface area (Å²) in [4.78, 5) is 20.6. The molecule has 5 nitrogen and oxygen atoms in total. The lowest BCUT2D eigenvalue weighted by molar-refractivity contribution is 0.0782. The molecule has 0 aliphatic carbocycles. The summed E-state index contributed by atoms with van der Waals surface area (Å²) in [5.74, 6) is 1.21. The van der Waals surface area contributed by atoms with Gasteiger partial charge in [0.1, 0.15) is 12.1 Å². The average molecular weight is 339 g/mol. The zero-order valence-corrected chi connectivity index (χ0v) is 14.0. The van der Waals surface area contributed by atoms with E-state index in [2.05, 4.69) is 22.1 Å². The van der Waals surface area contributed by atoms with Crippen LogP contribution in [0.15, 0.2) is 46.7 Å². The first-order chi connectivity index (χ1) is 11.8. The molecule has 5 heterocycles. The smallest absolute Gasteiger partial charge is 0.257 e. The number of carbonyl (C=O) groups excluding carboxylic acids is 1. The molecular weight excluding hydrogens is 322 g/mol. The molecule has 3 aromatic heterocycles. The van der Waals surface area contributed by atoms with Crippen LogP contribution in [0, 0.1) is 0 Å². The maximum absolute atomic E-state index is 12.6. The summed E-state index contributed by atoms with van der Waals surface area (Å²) < 4.78 is 7.40. The van der Waals surface area contributed by atoms with Gasteiger partial charge in [-0.05, 0) is 30.4 Å². The van der Waals surface area contributed by atoms with Crippen molar-refractivity contribution in [2.75, 3.05) is 13.1 Å². The van der Waals surface area contributed by atoms with Crippen molar-refractivity contribution in [3.63, 3.8) is 0 Å². The molecule has 6 heteroatoms. The first-order valence-electron chi connectivity index (χ1n) is 8.18. The fourth-order valence-corrected chi connectivity index (χ4v) is 4.83. The number of likely N-dealkylation sites (tertiary alicyclic amines) is 1. The Kier molecular flexibility index (Phi) is 2.97. The number of furan rings is 1. The second-order valence-corrected chi connectivity index (χ2v) is 7.56. The van der Waals surface area contributed by atoms with Crippen LogP contribution in [0.25, 0.3) is 10.6 Å². The highest BCUT2D eigenvalue weighted by molar-refractivity contribution is 7.13. The van der Waals surface area contributed by atoms with E-state index >= 15 is 0 Å². The van der Waals surface area contributed by atoms with Crippen molar-refractivity contribution < 1.29 is 9.21 Å². The minimum atomic E-state index is 0.00883. The Bertz CT molecular complexity index is 882. The van der Waals surface area contributed by atoms with Crippen molar-refractivity contribution in [2.45, 2.75) is 24.8 Å². The number of aromatic nitrogens is 2. The van der Waals surface area contributed by atoms with Crippen molar-refractivity contribution in [3.8, 4) is 10.6 Å². The van der Waals surface area contributed by atoms with Crippen molar-refractivity contribution in [3.05, 3.63) is 53.7 Å². The molecule has 1 amide bonds. The van der Waals surface area contributed by atoms with Gasteiger partial charge in [-0.3, -0.25) is 4.79 Å². The Morgan fingerprint density at radius 2 is 2.21 bits per heavy atom. The van der Waals surface area contributed by atoms with Crippen molar-refractivity contribution in [1.29, 1.82) is 0 Å². The molecule has 5 rings (SSSR count). The van der Waals surface area contributed by atoms with E-state index in [0.29, 0.717) is 5.56 Å². The molecule has 1 fully saturated rings. The van der Waals surface area contributed by atoms with Gasteiger partial charge in [0, 0.05) is 25.0 Å². The average Bonchev–Trinajstić information content (AvgIpc) is 3.41. The van der Waals surface area contributed by atoms with Crippen molar-refractivity contribution in [1.82, 2.24) is 14.5 Å². The van der Waals surface area contributed by atoms with E-state index in [1.807, 2.05) is 11.1 Å². The highest BCUT2D eigenvalue weighted by Crippen LogP contribution is 2.44. The number of rotatable bonds is 2. The van der Waals surface area contributed by atoms with Gasteiger partial charge in [0.2, 0.25) is 0 Å². The maximum Gasteiger partial charge on any atom is 0.257 e. The SMILES string of the molecule is O=C(c1ccoc1)N1CC[C@]2(CCn3c(-c4cccs4)cnc32)C1. The number of hydrogen-bond donors (Lipinski definition) is 0. The Hall–Kier alpha value is -2.34. The number of carbonyl (C=O) groups is 1. The lowest BCUT2D eigenvalue weighted by Crippen LogP contribution is -2.33. The molecule has 0 saturated carbocycles. The van der Waals surface area contributed by atoms with Gasteiger partial charge in [0.25, 0.3) is 5.91 Å². The van der Waals surface area contributed by atoms with E-state index in [4.69, 9.17) is 9.40 Å². The molecule has 0 N–H and O–H groups in total. The van der Waals surface area contributed by atoms with Crippen LogP contribution in [-0.2, 0) is 12.0 Å². The molecule has 1 saturated heterocycles. The van der Waals surface area contributed by atoms with E-state index < -0.39 is 0 Å². The molecular formula is C18H17N3O2S. The van der Waals surface area contributed by atoms with Crippen LogP contribution in [0.2, 0.25) is 0 Å². The van der Waals surface area contributed by atoms with Gasteiger partial charge >= 0.3 is 0 Å². The molecule has 122 valence electrons. The molecule has 0 aromatic carbocycles.